The van der Waals surface area contributed by atoms with Crippen LogP contribution in [0.25, 0.3) is 0 Å². The summed E-state index contributed by atoms with van der Waals surface area (Å²) in [5.41, 5.74) is 0.532. The summed E-state index contributed by atoms with van der Waals surface area (Å²) in [5, 5.41) is 8.90. The highest BCUT2D eigenvalue weighted by atomic mass is 16.5. The van der Waals surface area contributed by atoms with E-state index in [1.807, 2.05) is 6.92 Å². The number of carboxylic acids is 1. The van der Waals surface area contributed by atoms with Gasteiger partial charge in [0, 0.05) is 19.0 Å². The summed E-state index contributed by atoms with van der Waals surface area (Å²) in [4.78, 5) is 24.7. The molecule has 0 aliphatic heterocycles. The fourth-order valence-corrected chi connectivity index (χ4v) is 2.06. The summed E-state index contributed by atoms with van der Waals surface area (Å²) < 4.78 is 10.5. The summed E-state index contributed by atoms with van der Waals surface area (Å²) in [5.74, 6) is 0.0280. The molecule has 22 heavy (non-hydrogen) atoms. The number of aliphatic carboxylic acids is 1. The second kappa shape index (κ2) is 8.92. The van der Waals surface area contributed by atoms with Gasteiger partial charge in [-0.2, -0.15) is 0 Å². The Balaban J connectivity index is 3.12. The van der Waals surface area contributed by atoms with Gasteiger partial charge in [-0.05, 0) is 18.6 Å². The molecule has 0 radical (unpaired) electrons. The molecule has 0 bridgehead atoms. The molecule has 0 aliphatic carbocycles. The molecule has 0 spiro atoms. The topological polar surface area (TPSA) is 76.1 Å². The molecule has 1 rings (SSSR count). The lowest BCUT2D eigenvalue weighted by Crippen LogP contribution is -2.33. The number of carboxylic acid groups (broad SMARTS) is 1. The number of methoxy groups -OCH3 is 2. The first-order valence-corrected chi connectivity index (χ1v) is 7.27. The van der Waals surface area contributed by atoms with Gasteiger partial charge >= 0.3 is 5.97 Å². The van der Waals surface area contributed by atoms with Crippen LogP contribution in [0.2, 0.25) is 0 Å². The van der Waals surface area contributed by atoms with Crippen LogP contribution in [0.4, 0.5) is 5.69 Å². The van der Waals surface area contributed by atoms with Crippen LogP contribution in [-0.2, 0) is 9.59 Å². The fraction of sp³-hybridized carbons (Fsp3) is 0.500. The zero-order valence-electron chi connectivity index (χ0n) is 13.3. The number of carbonyl (C=O) groups excluding carboxylic acids is 1. The van der Waals surface area contributed by atoms with Gasteiger partial charge in [-0.25, -0.2) is 0 Å². The maximum atomic E-state index is 12.4. The van der Waals surface area contributed by atoms with Crippen LogP contribution in [0.15, 0.2) is 18.2 Å². The predicted molar refractivity (Wildman–Crippen MR) is 83.7 cm³/mol. The number of rotatable bonds is 9. The number of amides is 1. The third kappa shape index (κ3) is 4.95. The summed E-state index contributed by atoms with van der Waals surface area (Å²) in [6, 6.07) is 5.12. The molecule has 0 saturated heterocycles. The van der Waals surface area contributed by atoms with Gasteiger partial charge in [0.25, 0.3) is 0 Å². The smallest absolute Gasteiger partial charge is 0.305 e. The van der Waals surface area contributed by atoms with Crippen molar-refractivity contribution in [2.24, 2.45) is 0 Å². The number of ether oxygens (including phenoxy) is 2. The molecule has 0 unspecified atom stereocenters. The van der Waals surface area contributed by atoms with E-state index in [-0.39, 0.29) is 18.9 Å². The van der Waals surface area contributed by atoms with E-state index in [0.29, 0.717) is 23.6 Å². The van der Waals surface area contributed by atoms with E-state index >= 15 is 0 Å². The molecule has 0 atom stereocenters. The van der Waals surface area contributed by atoms with Crippen molar-refractivity contribution in [3.63, 3.8) is 0 Å². The molecule has 0 aromatic heterocycles. The molecule has 0 aliphatic rings. The highest BCUT2D eigenvalue weighted by molar-refractivity contribution is 5.95. The Labute approximate surface area is 130 Å². The van der Waals surface area contributed by atoms with Crippen molar-refractivity contribution in [3.05, 3.63) is 18.2 Å². The second-order valence-corrected chi connectivity index (χ2v) is 4.83. The van der Waals surface area contributed by atoms with E-state index in [9.17, 15) is 9.59 Å². The van der Waals surface area contributed by atoms with Crippen LogP contribution < -0.4 is 14.4 Å². The molecule has 0 heterocycles. The molecule has 0 saturated carbocycles. The largest absolute Gasteiger partial charge is 0.497 e. The summed E-state index contributed by atoms with van der Waals surface area (Å²) in [7, 11) is 3.04. The van der Waals surface area contributed by atoms with Crippen LogP contribution in [-0.4, -0.2) is 37.7 Å². The van der Waals surface area contributed by atoms with Crippen molar-refractivity contribution in [2.75, 3.05) is 25.7 Å². The van der Waals surface area contributed by atoms with Gasteiger partial charge in [0.1, 0.15) is 11.5 Å². The number of anilines is 1. The number of hydrogen-bond acceptors (Lipinski definition) is 4. The first-order chi connectivity index (χ1) is 10.5. The molecule has 122 valence electrons. The van der Waals surface area contributed by atoms with E-state index in [1.165, 1.54) is 19.1 Å². The lowest BCUT2D eigenvalue weighted by molar-refractivity contribution is -0.136. The molecule has 1 N–H and O–H groups in total. The number of nitrogens with zero attached hydrogens (tertiary/aromatic N) is 1. The van der Waals surface area contributed by atoms with E-state index in [4.69, 9.17) is 14.6 Å². The Kier molecular flexibility index (Phi) is 7.22. The Morgan fingerprint density at radius 2 is 1.91 bits per heavy atom. The second-order valence-electron chi connectivity index (χ2n) is 4.83. The highest BCUT2D eigenvalue weighted by Crippen LogP contribution is 2.33. The minimum Gasteiger partial charge on any atom is -0.497 e. The SMILES string of the molecule is CCCCC(=O)N(CCC(=O)O)c1cc(OC)ccc1OC. The van der Waals surface area contributed by atoms with E-state index < -0.39 is 5.97 Å². The molecular formula is C16H23NO5. The van der Waals surface area contributed by atoms with Crippen LogP contribution in [0.1, 0.15) is 32.6 Å². The van der Waals surface area contributed by atoms with Crippen LogP contribution in [0.5, 0.6) is 11.5 Å². The lowest BCUT2D eigenvalue weighted by Gasteiger charge is -2.24. The van der Waals surface area contributed by atoms with Gasteiger partial charge in [-0.3, -0.25) is 9.59 Å². The number of benzene rings is 1. The first kappa shape index (κ1) is 17.8. The van der Waals surface area contributed by atoms with Crippen LogP contribution in [0.3, 0.4) is 0 Å². The average molecular weight is 309 g/mol. The number of carbonyl (C=O) groups is 2. The van der Waals surface area contributed by atoms with Crippen LogP contribution >= 0.6 is 0 Å². The molecule has 6 heteroatoms. The highest BCUT2D eigenvalue weighted by Gasteiger charge is 2.20. The molecule has 1 amide bonds. The molecular weight excluding hydrogens is 286 g/mol. The first-order valence-electron chi connectivity index (χ1n) is 7.27. The average Bonchev–Trinajstić information content (AvgIpc) is 2.52. The maximum Gasteiger partial charge on any atom is 0.305 e. The van der Waals surface area contributed by atoms with Crippen molar-refractivity contribution in [2.45, 2.75) is 32.6 Å². The van der Waals surface area contributed by atoms with E-state index in [1.54, 1.807) is 18.2 Å². The third-order valence-electron chi connectivity index (χ3n) is 3.27. The summed E-state index contributed by atoms with van der Waals surface area (Å²) in [6.07, 6.45) is 1.90. The minimum atomic E-state index is -0.949. The van der Waals surface area contributed by atoms with E-state index in [0.717, 1.165) is 12.8 Å². The van der Waals surface area contributed by atoms with Crippen molar-refractivity contribution >= 4 is 17.6 Å². The molecule has 6 nitrogen and oxygen atoms in total. The van der Waals surface area contributed by atoms with E-state index in [2.05, 4.69) is 0 Å². The lowest BCUT2D eigenvalue weighted by atomic mass is 10.2. The zero-order chi connectivity index (χ0) is 16.5. The van der Waals surface area contributed by atoms with Gasteiger partial charge in [-0.15, -0.1) is 0 Å². The Hall–Kier alpha value is -2.24. The van der Waals surface area contributed by atoms with Crippen molar-refractivity contribution in [3.8, 4) is 11.5 Å². The standard InChI is InChI=1S/C16H23NO5/c1-4-5-6-15(18)17(10-9-16(19)20)13-11-12(21-2)7-8-14(13)22-3/h7-8,11H,4-6,9-10H2,1-3H3,(H,19,20). The molecule has 0 fully saturated rings. The molecule has 1 aromatic carbocycles. The third-order valence-corrected chi connectivity index (χ3v) is 3.27. The van der Waals surface area contributed by atoms with Crippen molar-refractivity contribution in [1.82, 2.24) is 0 Å². The van der Waals surface area contributed by atoms with Gasteiger partial charge in [0.15, 0.2) is 0 Å². The normalized spacial score (nSPS) is 10.1. The maximum absolute atomic E-state index is 12.4. The van der Waals surface area contributed by atoms with Gasteiger partial charge in [0.05, 0.1) is 26.3 Å². The Bertz CT molecular complexity index is 515. The summed E-state index contributed by atoms with van der Waals surface area (Å²) in [6.45, 7) is 2.10. The van der Waals surface area contributed by atoms with Gasteiger partial charge in [-0.1, -0.05) is 13.3 Å². The zero-order valence-corrected chi connectivity index (χ0v) is 13.3. The number of hydrogen-bond donors (Lipinski definition) is 1. The van der Waals surface area contributed by atoms with Crippen molar-refractivity contribution < 1.29 is 24.2 Å². The molecule has 1 aromatic rings. The van der Waals surface area contributed by atoms with Gasteiger partial charge in [0.2, 0.25) is 5.91 Å². The Morgan fingerprint density at radius 3 is 2.45 bits per heavy atom. The predicted octanol–water partition coefficient (Wildman–Crippen LogP) is 2.70. The quantitative estimate of drug-likeness (QED) is 0.759. The van der Waals surface area contributed by atoms with Gasteiger partial charge < -0.3 is 19.5 Å². The number of unbranched alkanes of at least 4 members (excludes halogenated alkanes) is 1. The fourth-order valence-electron chi connectivity index (χ4n) is 2.06. The summed E-state index contributed by atoms with van der Waals surface area (Å²) >= 11 is 0. The Morgan fingerprint density at radius 1 is 1.18 bits per heavy atom. The monoisotopic (exact) mass is 309 g/mol. The van der Waals surface area contributed by atoms with Crippen molar-refractivity contribution in [1.29, 1.82) is 0 Å². The minimum absolute atomic E-state index is 0.0986. The van der Waals surface area contributed by atoms with Crippen LogP contribution in [0, 0.1) is 0 Å².